The molecule has 0 aliphatic heterocycles. The van der Waals surface area contributed by atoms with Gasteiger partial charge in [-0.1, -0.05) is 13.0 Å². The predicted molar refractivity (Wildman–Crippen MR) is 116 cm³/mol. The number of nitrogens with two attached hydrogens (primary N) is 2. The second-order valence-electron chi connectivity index (χ2n) is 6.71. The van der Waals surface area contributed by atoms with Crippen molar-refractivity contribution >= 4 is 11.4 Å². The molecule has 144 valence electrons. The maximum Gasteiger partial charge on any atom is 0.131 e. The number of hydrogen-bond acceptors (Lipinski definition) is 4. The monoisotopic (exact) mass is 374 g/mol. The number of rotatable bonds is 8. The number of anilines is 2. The Labute approximate surface area is 166 Å². The highest BCUT2D eigenvalue weighted by Crippen LogP contribution is 2.35. The molecule has 4 heteroatoms. The number of benzene rings is 3. The number of ether oxygens (including phenoxy) is 2. The molecule has 0 saturated heterocycles. The minimum absolute atomic E-state index is 0.348. The van der Waals surface area contributed by atoms with Gasteiger partial charge < -0.3 is 20.9 Å². The van der Waals surface area contributed by atoms with Crippen molar-refractivity contribution in [3.63, 3.8) is 0 Å². The fraction of sp³-hybridized carbons (Fsp3) is 0.167. The van der Waals surface area contributed by atoms with Gasteiger partial charge in [0.05, 0.1) is 0 Å². The van der Waals surface area contributed by atoms with Crippen LogP contribution in [0.3, 0.4) is 0 Å². The molecule has 1 atom stereocenters. The molecule has 0 aliphatic carbocycles. The van der Waals surface area contributed by atoms with Crippen molar-refractivity contribution in [3.05, 3.63) is 84.9 Å². The van der Waals surface area contributed by atoms with Gasteiger partial charge in [0.2, 0.25) is 0 Å². The van der Waals surface area contributed by atoms with E-state index in [2.05, 4.69) is 25.6 Å². The van der Waals surface area contributed by atoms with Crippen LogP contribution in [0.15, 0.2) is 79.4 Å². The van der Waals surface area contributed by atoms with Crippen molar-refractivity contribution in [3.8, 4) is 23.0 Å². The van der Waals surface area contributed by atoms with E-state index in [4.69, 9.17) is 20.9 Å². The summed E-state index contributed by atoms with van der Waals surface area (Å²) in [5.74, 6) is 3.23. The van der Waals surface area contributed by atoms with Crippen LogP contribution in [-0.2, 0) is 0 Å². The number of hydrogen-bond donors (Lipinski definition) is 2. The molecule has 0 aromatic heterocycles. The van der Waals surface area contributed by atoms with Gasteiger partial charge in [-0.25, -0.2) is 0 Å². The lowest BCUT2D eigenvalue weighted by atomic mass is 9.93. The van der Waals surface area contributed by atoms with E-state index < -0.39 is 0 Å². The summed E-state index contributed by atoms with van der Waals surface area (Å²) in [6, 6.07) is 20.7. The normalized spacial score (nSPS) is 11.6. The Bertz CT molecular complexity index is 853. The smallest absolute Gasteiger partial charge is 0.131 e. The third-order valence-corrected chi connectivity index (χ3v) is 4.55. The van der Waals surface area contributed by atoms with Crippen LogP contribution in [0.25, 0.3) is 0 Å². The lowest BCUT2D eigenvalue weighted by Crippen LogP contribution is -1.98. The van der Waals surface area contributed by atoms with Crippen molar-refractivity contribution in [2.24, 2.45) is 0 Å². The standard InChI is InChI=1S/C24H26N2O2/c1-3-5-17(4-2)18-14-23(27-21-10-6-19(25)7-11-21)16-24(15-18)28-22-12-8-20(26)9-13-22/h3,6-17H,1,4-5,25-26H2,2H3. The predicted octanol–water partition coefficient (Wildman–Crippen LogP) is 6.51. The highest BCUT2D eigenvalue weighted by Gasteiger charge is 2.13. The van der Waals surface area contributed by atoms with Crippen LogP contribution in [0.4, 0.5) is 11.4 Å². The molecule has 0 aliphatic rings. The molecule has 3 aromatic carbocycles. The molecule has 0 fully saturated rings. The van der Waals surface area contributed by atoms with Gasteiger partial charge in [0.1, 0.15) is 23.0 Å². The summed E-state index contributed by atoms with van der Waals surface area (Å²) in [5.41, 5.74) is 14.1. The van der Waals surface area contributed by atoms with E-state index in [1.807, 2.05) is 60.7 Å². The third-order valence-electron chi connectivity index (χ3n) is 4.55. The first kappa shape index (κ1) is 19.4. The fourth-order valence-electron chi connectivity index (χ4n) is 3.03. The minimum atomic E-state index is 0.348. The molecule has 0 saturated carbocycles. The zero-order chi connectivity index (χ0) is 19.9. The summed E-state index contributed by atoms with van der Waals surface area (Å²) in [5, 5.41) is 0. The van der Waals surface area contributed by atoms with E-state index in [1.165, 1.54) is 0 Å². The Morgan fingerprint density at radius 2 is 1.25 bits per heavy atom. The first-order valence-electron chi connectivity index (χ1n) is 9.40. The molecule has 4 N–H and O–H groups in total. The Hall–Kier alpha value is -3.40. The van der Waals surface area contributed by atoms with Gasteiger partial charge in [0.25, 0.3) is 0 Å². The maximum atomic E-state index is 6.06. The Morgan fingerprint density at radius 1 is 0.786 bits per heavy atom. The molecule has 1 unspecified atom stereocenters. The zero-order valence-electron chi connectivity index (χ0n) is 16.1. The molecule has 3 aromatic rings. The van der Waals surface area contributed by atoms with Crippen molar-refractivity contribution < 1.29 is 9.47 Å². The van der Waals surface area contributed by atoms with Gasteiger partial charge in [0, 0.05) is 17.4 Å². The molecular weight excluding hydrogens is 348 g/mol. The van der Waals surface area contributed by atoms with Crippen molar-refractivity contribution in [2.75, 3.05) is 11.5 Å². The second kappa shape index (κ2) is 9.00. The maximum absolute atomic E-state index is 6.06. The summed E-state index contributed by atoms with van der Waals surface area (Å²) < 4.78 is 12.1. The highest BCUT2D eigenvalue weighted by molar-refractivity contribution is 5.48. The van der Waals surface area contributed by atoms with Gasteiger partial charge in [-0.3, -0.25) is 0 Å². The van der Waals surface area contributed by atoms with Gasteiger partial charge >= 0.3 is 0 Å². The molecule has 3 rings (SSSR count). The van der Waals surface area contributed by atoms with E-state index >= 15 is 0 Å². The van der Waals surface area contributed by atoms with E-state index in [-0.39, 0.29) is 0 Å². The molecule has 0 radical (unpaired) electrons. The van der Waals surface area contributed by atoms with Crippen LogP contribution in [0, 0.1) is 0 Å². The number of nitrogen functional groups attached to an aromatic ring is 2. The van der Waals surface area contributed by atoms with E-state index in [0.717, 1.165) is 41.4 Å². The lowest BCUT2D eigenvalue weighted by molar-refractivity contribution is 0.457. The quantitative estimate of drug-likeness (QED) is 0.348. The van der Waals surface area contributed by atoms with Gasteiger partial charge in [-0.15, -0.1) is 6.58 Å². The zero-order valence-corrected chi connectivity index (χ0v) is 16.1. The Kier molecular flexibility index (Phi) is 6.22. The Balaban J connectivity index is 1.93. The molecule has 28 heavy (non-hydrogen) atoms. The largest absolute Gasteiger partial charge is 0.457 e. The van der Waals surface area contributed by atoms with Crippen LogP contribution in [-0.4, -0.2) is 0 Å². The van der Waals surface area contributed by atoms with Gasteiger partial charge in [-0.05, 0) is 85.0 Å². The first-order chi connectivity index (χ1) is 13.6. The van der Waals surface area contributed by atoms with Gasteiger partial charge in [0.15, 0.2) is 0 Å². The second-order valence-corrected chi connectivity index (χ2v) is 6.71. The summed E-state index contributed by atoms with van der Waals surface area (Å²) in [4.78, 5) is 0. The molecule has 0 spiro atoms. The fourth-order valence-corrected chi connectivity index (χ4v) is 3.03. The van der Waals surface area contributed by atoms with Crippen molar-refractivity contribution in [1.82, 2.24) is 0 Å². The van der Waals surface area contributed by atoms with Crippen LogP contribution in [0.5, 0.6) is 23.0 Å². The molecular formula is C24H26N2O2. The molecule has 0 bridgehead atoms. The van der Waals surface area contributed by atoms with Crippen molar-refractivity contribution in [1.29, 1.82) is 0 Å². The van der Waals surface area contributed by atoms with Crippen LogP contribution in [0.1, 0.15) is 31.2 Å². The highest BCUT2D eigenvalue weighted by atomic mass is 16.5. The average Bonchev–Trinajstić information content (AvgIpc) is 2.69. The van der Waals surface area contributed by atoms with Gasteiger partial charge in [-0.2, -0.15) is 0 Å². The molecule has 4 nitrogen and oxygen atoms in total. The van der Waals surface area contributed by atoms with E-state index in [9.17, 15) is 0 Å². The topological polar surface area (TPSA) is 70.5 Å². The summed E-state index contributed by atoms with van der Waals surface area (Å²) in [6.45, 7) is 6.05. The van der Waals surface area contributed by atoms with E-state index in [0.29, 0.717) is 17.3 Å². The SMILES string of the molecule is C=CCC(CC)c1cc(Oc2ccc(N)cc2)cc(Oc2ccc(N)cc2)c1. The molecule has 0 amide bonds. The van der Waals surface area contributed by atoms with Crippen LogP contribution < -0.4 is 20.9 Å². The average molecular weight is 374 g/mol. The van der Waals surface area contributed by atoms with E-state index in [1.54, 1.807) is 0 Å². The Morgan fingerprint density at radius 3 is 1.64 bits per heavy atom. The summed E-state index contributed by atoms with van der Waals surface area (Å²) in [6.07, 6.45) is 3.84. The summed E-state index contributed by atoms with van der Waals surface area (Å²) in [7, 11) is 0. The van der Waals surface area contributed by atoms with Crippen LogP contribution >= 0.6 is 0 Å². The van der Waals surface area contributed by atoms with Crippen molar-refractivity contribution in [2.45, 2.75) is 25.7 Å². The first-order valence-corrected chi connectivity index (χ1v) is 9.40. The molecule has 0 heterocycles. The number of allylic oxidation sites excluding steroid dienone is 1. The minimum Gasteiger partial charge on any atom is -0.457 e. The third kappa shape index (κ3) is 5.07. The van der Waals surface area contributed by atoms with Crippen LogP contribution in [0.2, 0.25) is 0 Å². The summed E-state index contributed by atoms with van der Waals surface area (Å²) >= 11 is 0. The lowest BCUT2D eigenvalue weighted by Gasteiger charge is -2.17.